The third-order valence-electron chi connectivity index (χ3n) is 5.45. The molecule has 0 N–H and O–H groups in total. The predicted octanol–water partition coefficient (Wildman–Crippen LogP) is 6.47. The number of alkyl halides is 3. The Morgan fingerprint density at radius 1 is 1.06 bits per heavy atom. The van der Waals surface area contributed by atoms with Gasteiger partial charge in [0.1, 0.15) is 11.5 Å². The van der Waals surface area contributed by atoms with E-state index >= 15 is 0 Å². The summed E-state index contributed by atoms with van der Waals surface area (Å²) in [7, 11) is 0. The second-order valence-electron chi connectivity index (χ2n) is 8.29. The first-order valence-electron chi connectivity index (χ1n) is 10.4. The standard InChI is InChI=1S/C24H27F3O4/c1-4-5-14-29-21-19(23(21,2)3)22(28)31-20(24(25,26)27)16-10-9-13-18(15-16)30-17-11-7-6-8-12-17/h6-13,15,19-21H,4-5,14H2,1-3H3. The van der Waals surface area contributed by atoms with Gasteiger partial charge < -0.3 is 14.2 Å². The highest BCUT2D eigenvalue weighted by Gasteiger charge is 2.65. The van der Waals surface area contributed by atoms with Crippen molar-refractivity contribution in [3.8, 4) is 11.5 Å². The molecule has 4 nitrogen and oxygen atoms in total. The Labute approximate surface area is 180 Å². The van der Waals surface area contributed by atoms with Crippen LogP contribution in [0, 0.1) is 11.3 Å². The summed E-state index contributed by atoms with van der Waals surface area (Å²) >= 11 is 0. The van der Waals surface area contributed by atoms with Crippen LogP contribution in [0.15, 0.2) is 54.6 Å². The maximum Gasteiger partial charge on any atom is 0.429 e. The van der Waals surface area contributed by atoms with Crippen molar-refractivity contribution >= 4 is 5.97 Å². The summed E-state index contributed by atoms with van der Waals surface area (Å²) in [5.74, 6) is -0.908. The summed E-state index contributed by atoms with van der Waals surface area (Å²) in [4.78, 5) is 12.6. The number of hydrogen-bond donors (Lipinski definition) is 0. The zero-order valence-electron chi connectivity index (χ0n) is 17.8. The molecule has 31 heavy (non-hydrogen) atoms. The van der Waals surface area contributed by atoms with Crippen molar-refractivity contribution in [2.75, 3.05) is 6.61 Å². The van der Waals surface area contributed by atoms with Gasteiger partial charge in [0.05, 0.1) is 12.0 Å². The lowest BCUT2D eigenvalue weighted by molar-refractivity contribution is -0.225. The number of carbonyl (C=O) groups is 1. The van der Waals surface area contributed by atoms with Gasteiger partial charge in [-0.1, -0.05) is 57.5 Å². The van der Waals surface area contributed by atoms with Crippen LogP contribution in [-0.2, 0) is 14.3 Å². The van der Waals surface area contributed by atoms with Crippen molar-refractivity contribution in [3.05, 3.63) is 60.2 Å². The summed E-state index contributed by atoms with van der Waals surface area (Å²) in [6.07, 6.45) is -5.83. The molecule has 7 heteroatoms. The van der Waals surface area contributed by atoms with Gasteiger partial charge in [0.2, 0.25) is 6.10 Å². The number of carbonyl (C=O) groups excluding carboxylic acids is 1. The SMILES string of the molecule is CCCCOC1C(C(=O)OC(c2cccc(Oc3ccccc3)c2)C(F)(F)F)C1(C)C. The molecule has 0 amide bonds. The molecule has 2 aromatic carbocycles. The zero-order valence-corrected chi connectivity index (χ0v) is 17.8. The molecular weight excluding hydrogens is 409 g/mol. The van der Waals surface area contributed by atoms with E-state index in [2.05, 4.69) is 0 Å². The molecule has 0 aromatic heterocycles. The minimum absolute atomic E-state index is 0.198. The smallest absolute Gasteiger partial charge is 0.429 e. The van der Waals surface area contributed by atoms with Gasteiger partial charge in [-0.05, 0) is 30.7 Å². The van der Waals surface area contributed by atoms with E-state index in [9.17, 15) is 18.0 Å². The summed E-state index contributed by atoms with van der Waals surface area (Å²) < 4.78 is 57.7. The monoisotopic (exact) mass is 436 g/mol. The molecule has 1 aliphatic rings. The fourth-order valence-corrected chi connectivity index (χ4v) is 3.56. The Kier molecular flexibility index (Phi) is 6.94. The molecule has 1 aliphatic carbocycles. The minimum atomic E-state index is -4.77. The molecule has 3 atom stereocenters. The molecular formula is C24H27F3O4. The maximum atomic E-state index is 13.8. The Hall–Kier alpha value is -2.54. The van der Waals surface area contributed by atoms with E-state index in [1.165, 1.54) is 18.2 Å². The van der Waals surface area contributed by atoms with E-state index in [0.29, 0.717) is 12.4 Å². The molecule has 1 saturated carbocycles. The van der Waals surface area contributed by atoms with Crippen molar-refractivity contribution < 1.29 is 32.2 Å². The van der Waals surface area contributed by atoms with Gasteiger partial charge >= 0.3 is 12.1 Å². The van der Waals surface area contributed by atoms with E-state index in [1.807, 2.05) is 6.92 Å². The molecule has 1 fully saturated rings. The van der Waals surface area contributed by atoms with Crippen LogP contribution in [0.25, 0.3) is 0 Å². The molecule has 0 spiro atoms. The highest BCUT2D eigenvalue weighted by Crippen LogP contribution is 2.55. The topological polar surface area (TPSA) is 44.8 Å². The van der Waals surface area contributed by atoms with Crippen LogP contribution in [0.4, 0.5) is 13.2 Å². The van der Waals surface area contributed by atoms with Gasteiger partial charge in [0.25, 0.3) is 0 Å². The molecule has 0 saturated heterocycles. The number of para-hydroxylation sites is 1. The van der Waals surface area contributed by atoms with Gasteiger partial charge in [0, 0.05) is 17.6 Å². The lowest BCUT2D eigenvalue weighted by Crippen LogP contribution is -2.27. The second kappa shape index (κ2) is 9.30. The highest BCUT2D eigenvalue weighted by atomic mass is 19.4. The number of ether oxygens (including phenoxy) is 3. The van der Waals surface area contributed by atoms with Crippen molar-refractivity contribution in [1.82, 2.24) is 0 Å². The van der Waals surface area contributed by atoms with E-state index in [1.54, 1.807) is 50.2 Å². The predicted molar refractivity (Wildman–Crippen MR) is 110 cm³/mol. The van der Waals surface area contributed by atoms with Gasteiger partial charge in [0.15, 0.2) is 0 Å². The number of unbranched alkanes of at least 4 members (excludes halogenated alkanes) is 1. The molecule has 3 unspecified atom stereocenters. The van der Waals surface area contributed by atoms with Crippen molar-refractivity contribution in [1.29, 1.82) is 0 Å². The van der Waals surface area contributed by atoms with Crippen LogP contribution < -0.4 is 4.74 Å². The summed E-state index contributed by atoms with van der Waals surface area (Å²) in [5.41, 5.74) is -0.754. The Bertz CT molecular complexity index is 880. The number of esters is 1. The van der Waals surface area contributed by atoms with E-state index in [0.717, 1.165) is 12.8 Å². The van der Waals surface area contributed by atoms with Crippen LogP contribution in [0.1, 0.15) is 45.3 Å². The quantitative estimate of drug-likeness (QED) is 0.334. The summed E-state index contributed by atoms with van der Waals surface area (Å²) in [6.45, 7) is 6.07. The molecule has 0 radical (unpaired) electrons. The van der Waals surface area contributed by atoms with Crippen LogP contribution in [-0.4, -0.2) is 24.9 Å². The summed E-state index contributed by atoms with van der Waals surface area (Å²) in [6, 6.07) is 14.2. The van der Waals surface area contributed by atoms with Crippen LogP contribution in [0.2, 0.25) is 0 Å². The Morgan fingerprint density at radius 2 is 1.74 bits per heavy atom. The zero-order chi connectivity index (χ0) is 22.6. The molecule has 2 aromatic rings. The highest BCUT2D eigenvalue weighted by molar-refractivity contribution is 5.78. The van der Waals surface area contributed by atoms with Gasteiger partial charge in [-0.3, -0.25) is 4.79 Å². The van der Waals surface area contributed by atoms with Gasteiger partial charge in [-0.15, -0.1) is 0 Å². The van der Waals surface area contributed by atoms with Crippen molar-refractivity contribution in [3.63, 3.8) is 0 Å². The Balaban J connectivity index is 1.74. The third-order valence-corrected chi connectivity index (χ3v) is 5.45. The van der Waals surface area contributed by atoms with Crippen LogP contribution >= 0.6 is 0 Å². The second-order valence-corrected chi connectivity index (χ2v) is 8.29. The molecule has 3 rings (SSSR count). The lowest BCUT2D eigenvalue weighted by atomic mass is 10.1. The molecule has 0 bridgehead atoms. The average molecular weight is 436 g/mol. The first-order chi connectivity index (χ1) is 14.6. The maximum absolute atomic E-state index is 13.8. The fourth-order valence-electron chi connectivity index (χ4n) is 3.56. The van der Waals surface area contributed by atoms with Gasteiger partial charge in [-0.2, -0.15) is 13.2 Å². The van der Waals surface area contributed by atoms with E-state index in [4.69, 9.17) is 14.2 Å². The van der Waals surface area contributed by atoms with Crippen LogP contribution in [0.3, 0.4) is 0 Å². The number of halogens is 3. The van der Waals surface area contributed by atoms with Gasteiger partial charge in [-0.25, -0.2) is 0 Å². The Morgan fingerprint density at radius 3 is 2.39 bits per heavy atom. The van der Waals surface area contributed by atoms with Crippen molar-refractivity contribution in [2.24, 2.45) is 11.3 Å². The van der Waals surface area contributed by atoms with E-state index in [-0.39, 0.29) is 11.3 Å². The normalized spacial score (nSPS) is 20.7. The minimum Gasteiger partial charge on any atom is -0.457 e. The lowest BCUT2D eigenvalue weighted by Gasteiger charge is -2.22. The number of hydrogen-bond acceptors (Lipinski definition) is 4. The largest absolute Gasteiger partial charge is 0.457 e. The molecule has 0 heterocycles. The average Bonchev–Trinajstić information content (AvgIpc) is 3.26. The molecule has 0 aliphatic heterocycles. The fraction of sp³-hybridized carbons (Fsp3) is 0.458. The molecule has 168 valence electrons. The summed E-state index contributed by atoms with van der Waals surface area (Å²) in [5, 5.41) is 0. The van der Waals surface area contributed by atoms with Crippen LogP contribution in [0.5, 0.6) is 11.5 Å². The van der Waals surface area contributed by atoms with Crippen molar-refractivity contribution in [2.45, 2.75) is 52.0 Å². The number of rotatable bonds is 9. The first-order valence-corrected chi connectivity index (χ1v) is 10.4. The van der Waals surface area contributed by atoms with E-state index < -0.39 is 35.7 Å². The third kappa shape index (κ3) is 5.58. The first kappa shape index (κ1) is 23.1. The number of benzene rings is 2.